The molecular weight excluding hydrogens is 652 g/mol. The van der Waals surface area contributed by atoms with Gasteiger partial charge in [-0.2, -0.15) is 9.13 Å². The SMILES string of the molecule is O=C1OCCOCCOCCOCCOCCOC(=O)c2cc(cc[n+]2CCCS(=O)(=O)[O-])-c2cc[n+](CCCS(=O)(=O)[O-])c1c2. The Morgan fingerprint density at radius 3 is 1.22 bits per heavy atom. The van der Waals surface area contributed by atoms with Crippen molar-refractivity contribution in [3.63, 3.8) is 0 Å². The number of aromatic nitrogens is 2. The van der Waals surface area contributed by atoms with Gasteiger partial charge in [0, 0.05) is 48.6 Å². The molecule has 0 unspecified atom stereocenters. The Morgan fingerprint density at radius 2 is 0.891 bits per heavy atom. The first-order valence-corrected chi connectivity index (χ1v) is 17.7. The average Bonchev–Trinajstić information content (AvgIpc) is 2.99. The quantitative estimate of drug-likeness (QED) is 0.188. The summed E-state index contributed by atoms with van der Waals surface area (Å²) in [5.74, 6) is -2.71. The number of aryl methyl sites for hydroxylation is 2. The van der Waals surface area contributed by atoms with Gasteiger partial charge in [-0.05, 0) is 11.1 Å². The van der Waals surface area contributed by atoms with Crippen LogP contribution in [0, 0.1) is 0 Å². The number of hydrogen-bond donors (Lipinski definition) is 0. The summed E-state index contributed by atoms with van der Waals surface area (Å²) in [5.41, 5.74) is 1.07. The number of carbonyl (C=O) groups is 2. The lowest BCUT2D eigenvalue weighted by atomic mass is 10.1. The van der Waals surface area contributed by atoms with Gasteiger partial charge in [0.15, 0.2) is 12.4 Å². The van der Waals surface area contributed by atoms with Crippen LogP contribution in [-0.2, 0) is 61.7 Å². The number of ether oxygens (including phenoxy) is 6. The molecule has 1 aliphatic rings. The lowest BCUT2D eigenvalue weighted by molar-refractivity contribution is -0.699. The number of rotatable bonds is 8. The summed E-state index contributed by atoms with van der Waals surface area (Å²) in [7, 11) is -8.93. The molecule has 0 spiro atoms. The van der Waals surface area contributed by atoms with Crippen LogP contribution in [-0.4, -0.2) is 115 Å². The van der Waals surface area contributed by atoms with Gasteiger partial charge in [-0.25, -0.2) is 26.4 Å². The molecule has 2 aromatic heterocycles. The van der Waals surface area contributed by atoms with Crippen molar-refractivity contribution in [3.05, 3.63) is 48.0 Å². The van der Waals surface area contributed by atoms with E-state index >= 15 is 0 Å². The third kappa shape index (κ3) is 14.1. The zero-order valence-electron chi connectivity index (χ0n) is 25.2. The Kier molecular flexibility index (Phi) is 15.3. The third-order valence-electron chi connectivity index (χ3n) is 6.45. The molecule has 3 rings (SSSR count). The van der Waals surface area contributed by atoms with Crippen molar-refractivity contribution in [2.24, 2.45) is 0 Å². The van der Waals surface area contributed by atoms with Gasteiger partial charge in [0.1, 0.15) is 26.3 Å². The smallest absolute Gasteiger partial charge is 0.403 e. The molecule has 2 aromatic rings. The second kappa shape index (κ2) is 18.9. The zero-order valence-corrected chi connectivity index (χ0v) is 26.8. The predicted octanol–water partition coefficient (Wildman–Crippen LogP) is -0.807. The second-order valence-corrected chi connectivity index (χ2v) is 13.0. The monoisotopic (exact) mass is 690 g/mol. The van der Waals surface area contributed by atoms with Crippen LogP contribution in [0.25, 0.3) is 11.1 Å². The number of carbonyl (C=O) groups excluding carboxylic acids is 2. The maximum atomic E-state index is 13.1. The molecule has 16 nitrogen and oxygen atoms in total. The highest BCUT2D eigenvalue weighted by Crippen LogP contribution is 2.20. The van der Waals surface area contributed by atoms with Crippen LogP contribution in [0.5, 0.6) is 0 Å². The number of cyclic esters (lactones) is 2. The molecule has 0 atom stereocenters. The van der Waals surface area contributed by atoms with Crippen molar-refractivity contribution in [1.29, 1.82) is 0 Å². The summed E-state index contributed by atoms with van der Waals surface area (Å²) >= 11 is 0. The van der Waals surface area contributed by atoms with E-state index in [-0.39, 0.29) is 77.0 Å². The van der Waals surface area contributed by atoms with Crippen molar-refractivity contribution in [1.82, 2.24) is 0 Å². The Balaban J connectivity index is 1.91. The fourth-order valence-corrected chi connectivity index (χ4v) is 5.24. The van der Waals surface area contributed by atoms with Crippen molar-refractivity contribution in [2.45, 2.75) is 25.9 Å². The lowest BCUT2D eigenvalue weighted by Gasteiger charge is -2.11. The van der Waals surface area contributed by atoms with Crippen molar-refractivity contribution >= 4 is 32.2 Å². The predicted molar refractivity (Wildman–Crippen MR) is 154 cm³/mol. The standard InChI is InChI=1S/C28H38N2O14S2/c31-27-25-21-23(3-7-29(25)5-1-19-45(33,34)35)24-4-8-30(6-2-20-46(36,37)38)26(22-24)28(32)44-18-16-42-14-12-40-10-9-39-11-13-41-15-17-43-27/h3-4,7-8,21-22H,1-2,5-6,9-20H2. The van der Waals surface area contributed by atoms with Crippen molar-refractivity contribution in [2.75, 3.05) is 77.6 Å². The molecule has 256 valence electrons. The molecule has 1 aliphatic heterocycles. The van der Waals surface area contributed by atoms with Gasteiger partial charge in [-0.1, -0.05) is 0 Å². The number of pyridine rings is 2. The molecule has 0 amide bonds. The highest BCUT2D eigenvalue weighted by Gasteiger charge is 2.26. The summed E-state index contributed by atoms with van der Waals surface area (Å²) in [5, 5.41) is 0. The minimum Gasteiger partial charge on any atom is -0.748 e. The minimum absolute atomic E-state index is 0.0286. The van der Waals surface area contributed by atoms with Gasteiger partial charge in [-0.15, -0.1) is 0 Å². The highest BCUT2D eigenvalue weighted by molar-refractivity contribution is 7.85. The molecule has 46 heavy (non-hydrogen) atoms. The number of nitrogens with zero attached hydrogens (tertiary/aromatic N) is 2. The summed E-state index contributed by atoms with van der Waals surface area (Å²) < 4.78 is 102. The Labute approximate surface area is 267 Å². The van der Waals surface area contributed by atoms with Gasteiger partial charge in [0.25, 0.3) is 11.4 Å². The minimum atomic E-state index is -4.46. The maximum absolute atomic E-state index is 13.1. The molecule has 0 N–H and O–H groups in total. The summed E-state index contributed by atoms with van der Waals surface area (Å²) in [6.07, 6.45) is 2.96. The van der Waals surface area contributed by atoms with Crippen molar-refractivity contribution in [3.8, 4) is 11.1 Å². The van der Waals surface area contributed by atoms with Crippen LogP contribution >= 0.6 is 0 Å². The van der Waals surface area contributed by atoms with E-state index in [1.165, 1.54) is 33.7 Å². The number of hydrogen-bond acceptors (Lipinski definition) is 14. The van der Waals surface area contributed by atoms with E-state index in [9.17, 15) is 35.5 Å². The van der Waals surface area contributed by atoms with E-state index in [4.69, 9.17) is 28.4 Å². The van der Waals surface area contributed by atoms with Crippen LogP contribution in [0.1, 0.15) is 33.8 Å². The van der Waals surface area contributed by atoms with Crippen LogP contribution in [0.4, 0.5) is 0 Å². The van der Waals surface area contributed by atoms with Gasteiger partial charge < -0.3 is 37.5 Å². The van der Waals surface area contributed by atoms with Gasteiger partial charge in [0.2, 0.25) is 0 Å². The van der Waals surface area contributed by atoms with Crippen LogP contribution in [0.3, 0.4) is 0 Å². The molecule has 0 fully saturated rings. The maximum Gasteiger partial charge on any atom is 0.403 e. The molecule has 3 heterocycles. The van der Waals surface area contributed by atoms with E-state index in [2.05, 4.69) is 0 Å². The van der Waals surface area contributed by atoms with Gasteiger partial charge in [-0.3, -0.25) is 0 Å². The van der Waals surface area contributed by atoms with Crippen LogP contribution in [0.15, 0.2) is 36.7 Å². The molecule has 4 bridgehead atoms. The Hall–Kier alpha value is -3.10. The average molecular weight is 691 g/mol. The highest BCUT2D eigenvalue weighted by atomic mass is 32.2. The van der Waals surface area contributed by atoms with E-state index in [0.717, 1.165) is 0 Å². The largest absolute Gasteiger partial charge is 0.748 e. The normalized spacial score (nSPS) is 17.0. The van der Waals surface area contributed by atoms with Crippen LogP contribution < -0.4 is 9.13 Å². The van der Waals surface area contributed by atoms with E-state index < -0.39 is 43.7 Å². The first-order valence-electron chi connectivity index (χ1n) is 14.5. The van der Waals surface area contributed by atoms with Gasteiger partial charge >= 0.3 is 11.9 Å². The molecule has 0 radical (unpaired) electrons. The number of fused-ring (bicyclic) bond motifs is 5. The second-order valence-electron chi connectivity index (χ2n) is 9.94. The molecule has 18 heteroatoms. The van der Waals surface area contributed by atoms with Gasteiger partial charge in [0.05, 0.1) is 73.1 Å². The lowest BCUT2D eigenvalue weighted by Crippen LogP contribution is -2.42. The molecule has 0 saturated carbocycles. The molecule has 0 saturated heterocycles. The Morgan fingerprint density at radius 1 is 0.565 bits per heavy atom. The third-order valence-corrected chi connectivity index (χ3v) is 8.02. The van der Waals surface area contributed by atoms with Crippen LogP contribution in [0.2, 0.25) is 0 Å². The van der Waals surface area contributed by atoms with E-state index in [1.807, 2.05) is 0 Å². The molecule has 0 aliphatic carbocycles. The fraction of sp³-hybridized carbons (Fsp3) is 0.571. The molecule has 0 aromatic carbocycles. The van der Waals surface area contributed by atoms with Crippen molar-refractivity contribution < 1.29 is 73.1 Å². The van der Waals surface area contributed by atoms with E-state index in [1.54, 1.807) is 12.1 Å². The topological polar surface area (TPSA) is 212 Å². The van der Waals surface area contributed by atoms with E-state index in [0.29, 0.717) is 37.6 Å². The Bertz CT molecular complexity index is 1400. The first kappa shape index (κ1) is 37.4. The zero-order chi connectivity index (χ0) is 33.4. The first-order chi connectivity index (χ1) is 21.9. The molecular formula is C28H38N2O14S2. The number of esters is 2. The summed E-state index contributed by atoms with van der Waals surface area (Å²) in [6, 6.07) is 6.25. The summed E-state index contributed by atoms with van der Waals surface area (Å²) in [6.45, 7) is 1.89. The fourth-order valence-electron chi connectivity index (χ4n) is 4.28. The summed E-state index contributed by atoms with van der Waals surface area (Å²) in [4.78, 5) is 26.2.